The predicted molar refractivity (Wildman–Crippen MR) is 74.0 cm³/mol. The van der Waals surface area contributed by atoms with Gasteiger partial charge in [0.15, 0.2) is 0 Å². The monoisotopic (exact) mass is 253 g/mol. The lowest BCUT2D eigenvalue weighted by molar-refractivity contribution is 0.0247. The number of nitrogens with one attached hydrogen (secondary N) is 1. The first-order valence-corrected chi connectivity index (χ1v) is 7.24. The van der Waals surface area contributed by atoms with Gasteiger partial charge < -0.3 is 10.0 Å². The molecule has 0 bridgehead atoms. The van der Waals surface area contributed by atoms with Crippen LogP contribution in [0.2, 0.25) is 0 Å². The van der Waals surface area contributed by atoms with E-state index < -0.39 is 5.60 Å². The van der Waals surface area contributed by atoms with E-state index >= 15 is 0 Å². The van der Waals surface area contributed by atoms with Gasteiger partial charge in [-0.3, -0.25) is 10.3 Å². The Hall–Kier alpha value is -0.610. The van der Waals surface area contributed by atoms with Crippen LogP contribution in [0.15, 0.2) is 0 Å². The summed E-state index contributed by atoms with van der Waals surface area (Å²) in [4.78, 5) is 4.55. The highest BCUT2D eigenvalue weighted by molar-refractivity contribution is 5.82. The fraction of sp³-hybridized carbons (Fsp3) is 0.929. The Labute approximate surface area is 110 Å². The Bertz CT molecular complexity index is 284. The van der Waals surface area contributed by atoms with Gasteiger partial charge in [-0.25, -0.2) is 0 Å². The smallest absolute Gasteiger partial charge is 0.0990 e. The summed E-state index contributed by atoms with van der Waals surface area (Å²) in [5.74, 6) is 1.39. The molecule has 0 aromatic carbocycles. The van der Waals surface area contributed by atoms with Crippen molar-refractivity contribution in [1.82, 2.24) is 9.80 Å². The van der Waals surface area contributed by atoms with Crippen molar-refractivity contribution in [3.8, 4) is 0 Å². The first-order chi connectivity index (χ1) is 8.46. The van der Waals surface area contributed by atoms with Gasteiger partial charge in [0.25, 0.3) is 0 Å². The van der Waals surface area contributed by atoms with E-state index in [-0.39, 0.29) is 0 Å². The molecule has 1 aliphatic heterocycles. The number of rotatable bonds is 3. The van der Waals surface area contributed by atoms with E-state index in [4.69, 9.17) is 5.41 Å². The Morgan fingerprint density at radius 1 is 1.17 bits per heavy atom. The molecule has 4 nitrogen and oxygen atoms in total. The number of hydrogen-bond donors (Lipinski definition) is 2. The molecule has 2 rings (SSSR count). The minimum atomic E-state index is -0.610. The normalized spacial score (nSPS) is 23.6. The highest BCUT2D eigenvalue weighted by Gasteiger charge is 2.28. The first-order valence-electron chi connectivity index (χ1n) is 7.24. The third-order valence-corrected chi connectivity index (χ3v) is 4.07. The third-order valence-electron chi connectivity index (χ3n) is 4.07. The average Bonchev–Trinajstić information content (AvgIpc) is 2.80. The molecule has 0 amide bonds. The van der Waals surface area contributed by atoms with Crippen molar-refractivity contribution in [3.63, 3.8) is 0 Å². The number of amidine groups is 1. The molecule has 0 aromatic rings. The van der Waals surface area contributed by atoms with Gasteiger partial charge in [0, 0.05) is 38.6 Å². The standard InChI is InChI=1S/C14H27N3O/c1-14(2,18)11-16-7-9-17(10-8-16)13(15)12-5-3-4-6-12/h12,15,18H,3-11H2,1-2H3. The molecule has 2 fully saturated rings. The summed E-state index contributed by atoms with van der Waals surface area (Å²) < 4.78 is 0. The zero-order chi connectivity index (χ0) is 13.2. The molecule has 1 saturated heterocycles. The van der Waals surface area contributed by atoms with Crippen LogP contribution in [-0.2, 0) is 0 Å². The molecule has 0 unspecified atom stereocenters. The van der Waals surface area contributed by atoms with Gasteiger partial charge in [0.1, 0.15) is 0 Å². The predicted octanol–water partition coefficient (Wildman–Crippen LogP) is 1.54. The molecule has 2 aliphatic rings. The maximum Gasteiger partial charge on any atom is 0.0990 e. The van der Waals surface area contributed by atoms with Crippen LogP contribution in [0.5, 0.6) is 0 Å². The lowest BCUT2D eigenvalue weighted by Gasteiger charge is -2.39. The van der Waals surface area contributed by atoms with Gasteiger partial charge in [0.05, 0.1) is 11.4 Å². The third kappa shape index (κ3) is 3.69. The largest absolute Gasteiger partial charge is 0.389 e. The summed E-state index contributed by atoms with van der Waals surface area (Å²) in [6.45, 7) is 8.30. The topological polar surface area (TPSA) is 50.6 Å². The molecule has 1 heterocycles. The number of aliphatic hydroxyl groups is 1. The molecule has 0 atom stereocenters. The summed E-state index contributed by atoms with van der Waals surface area (Å²) >= 11 is 0. The second-order valence-electron chi connectivity index (χ2n) is 6.44. The number of nitrogens with zero attached hydrogens (tertiary/aromatic N) is 2. The Morgan fingerprint density at radius 2 is 1.72 bits per heavy atom. The van der Waals surface area contributed by atoms with Crippen LogP contribution in [0.1, 0.15) is 39.5 Å². The van der Waals surface area contributed by atoms with Crippen molar-refractivity contribution in [2.24, 2.45) is 5.92 Å². The molecule has 4 heteroatoms. The highest BCUT2D eigenvalue weighted by Crippen LogP contribution is 2.27. The average molecular weight is 253 g/mol. The quantitative estimate of drug-likeness (QED) is 0.592. The minimum Gasteiger partial charge on any atom is -0.389 e. The van der Waals surface area contributed by atoms with Gasteiger partial charge in [-0.15, -0.1) is 0 Å². The van der Waals surface area contributed by atoms with Crippen molar-refractivity contribution >= 4 is 5.84 Å². The van der Waals surface area contributed by atoms with Crippen molar-refractivity contribution < 1.29 is 5.11 Å². The zero-order valence-electron chi connectivity index (χ0n) is 11.8. The van der Waals surface area contributed by atoms with Gasteiger partial charge in [-0.1, -0.05) is 12.8 Å². The second-order valence-corrected chi connectivity index (χ2v) is 6.44. The Morgan fingerprint density at radius 3 is 2.22 bits per heavy atom. The number of piperazine rings is 1. The van der Waals surface area contributed by atoms with E-state index in [2.05, 4.69) is 9.80 Å². The van der Waals surface area contributed by atoms with E-state index in [1.54, 1.807) is 0 Å². The minimum absolute atomic E-state index is 0.519. The molecule has 2 N–H and O–H groups in total. The number of hydrogen-bond acceptors (Lipinski definition) is 3. The van der Waals surface area contributed by atoms with E-state index in [0.717, 1.165) is 38.6 Å². The van der Waals surface area contributed by atoms with Crippen LogP contribution in [0, 0.1) is 11.3 Å². The van der Waals surface area contributed by atoms with Crippen LogP contribution in [0.3, 0.4) is 0 Å². The van der Waals surface area contributed by atoms with Crippen molar-refractivity contribution in [3.05, 3.63) is 0 Å². The highest BCUT2D eigenvalue weighted by atomic mass is 16.3. The zero-order valence-corrected chi connectivity index (χ0v) is 11.8. The van der Waals surface area contributed by atoms with Crippen LogP contribution in [0.25, 0.3) is 0 Å². The fourth-order valence-corrected chi connectivity index (χ4v) is 3.15. The van der Waals surface area contributed by atoms with E-state index in [9.17, 15) is 5.11 Å². The molecule has 0 aromatic heterocycles. The lowest BCUT2D eigenvalue weighted by atomic mass is 10.0. The molecule has 0 spiro atoms. The van der Waals surface area contributed by atoms with Crippen LogP contribution in [-0.4, -0.2) is 59.1 Å². The first kappa shape index (κ1) is 13.8. The van der Waals surface area contributed by atoms with Gasteiger partial charge in [-0.05, 0) is 26.7 Å². The van der Waals surface area contributed by atoms with E-state index in [1.165, 1.54) is 25.7 Å². The maximum atomic E-state index is 9.82. The molecular weight excluding hydrogens is 226 g/mol. The fourth-order valence-electron chi connectivity index (χ4n) is 3.15. The Balaban J connectivity index is 1.77. The Kier molecular flexibility index (Phi) is 4.28. The summed E-state index contributed by atoms with van der Waals surface area (Å²) in [5, 5.41) is 18.1. The van der Waals surface area contributed by atoms with Gasteiger partial charge >= 0.3 is 0 Å². The molecule has 104 valence electrons. The SMILES string of the molecule is CC(C)(O)CN1CCN(C(=N)C2CCCC2)CC1. The summed E-state index contributed by atoms with van der Waals surface area (Å²) in [5.41, 5.74) is -0.610. The molecule has 0 radical (unpaired) electrons. The van der Waals surface area contributed by atoms with Gasteiger partial charge in [0.2, 0.25) is 0 Å². The molecule has 1 aliphatic carbocycles. The van der Waals surface area contributed by atoms with Crippen molar-refractivity contribution in [2.45, 2.75) is 45.1 Å². The van der Waals surface area contributed by atoms with Crippen LogP contribution in [0.4, 0.5) is 0 Å². The van der Waals surface area contributed by atoms with Crippen molar-refractivity contribution in [2.75, 3.05) is 32.7 Å². The molecule has 18 heavy (non-hydrogen) atoms. The molecular formula is C14H27N3O. The van der Waals surface area contributed by atoms with Crippen LogP contribution < -0.4 is 0 Å². The summed E-state index contributed by atoms with van der Waals surface area (Å²) in [6, 6.07) is 0. The second kappa shape index (κ2) is 5.57. The maximum absolute atomic E-state index is 9.82. The molecule has 1 saturated carbocycles. The van der Waals surface area contributed by atoms with E-state index in [0.29, 0.717) is 5.92 Å². The van der Waals surface area contributed by atoms with Gasteiger partial charge in [-0.2, -0.15) is 0 Å². The summed E-state index contributed by atoms with van der Waals surface area (Å²) in [6.07, 6.45) is 5.02. The van der Waals surface area contributed by atoms with Crippen molar-refractivity contribution in [1.29, 1.82) is 5.41 Å². The number of β-amino-alcohol motifs (C(OH)–C–C–N with tert-alkyl or cyclic N) is 1. The lowest BCUT2D eigenvalue weighted by Crippen LogP contribution is -2.52. The van der Waals surface area contributed by atoms with Crippen LogP contribution >= 0.6 is 0 Å². The summed E-state index contributed by atoms with van der Waals surface area (Å²) in [7, 11) is 0. The van der Waals surface area contributed by atoms with E-state index in [1.807, 2.05) is 13.8 Å².